The molecule has 114 valence electrons. The maximum absolute atomic E-state index is 12.1. The van der Waals surface area contributed by atoms with Gasteiger partial charge in [-0.15, -0.1) is 0 Å². The lowest BCUT2D eigenvalue weighted by molar-refractivity contribution is 0.0725. The van der Waals surface area contributed by atoms with Crippen LogP contribution >= 0.6 is 0 Å². The van der Waals surface area contributed by atoms with E-state index < -0.39 is 10.2 Å². The topological polar surface area (TPSA) is 76.5 Å². The summed E-state index contributed by atoms with van der Waals surface area (Å²) in [7, 11) is -3.41. The Hall–Kier alpha value is -0.960. The van der Waals surface area contributed by atoms with Gasteiger partial charge < -0.3 is 4.74 Å². The number of rotatable bonds is 5. The van der Waals surface area contributed by atoms with Crippen molar-refractivity contribution in [3.63, 3.8) is 0 Å². The van der Waals surface area contributed by atoms with Gasteiger partial charge in [0.25, 0.3) is 10.2 Å². The van der Waals surface area contributed by atoms with Gasteiger partial charge in [0.1, 0.15) is 0 Å². The molecule has 0 bridgehead atoms. The summed E-state index contributed by atoms with van der Waals surface area (Å²) >= 11 is 0. The van der Waals surface area contributed by atoms with Crippen LogP contribution in [-0.2, 0) is 21.5 Å². The van der Waals surface area contributed by atoms with Gasteiger partial charge in [0.2, 0.25) is 0 Å². The molecule has 0 spiro atoms. The Morgan fingerprint density at radius 2 is 1.90 bits per heavy atom. The molecule has 1 aliphatic heterocycles. The Morgan fingerprint density at radius 1 is 1.25 bits per heavy atom. The second-order valence-corrected chi connectivity index (χ2v) is 6.68. The van der Waals surface area contributed by atoms with E-state index in [0.717, 1.165) is 17.0 Å². The molecule has 1 fully saturated rings. The molecule has 0 unspecified atom stereocenters. The number of hydrogen-bond acceptors (Lipinski definition) is 4. The fourth-order valence-corrected chi connectivity index (χ4v) is 3.32. The second-order valence-electron chi connectivity index (χ2n) is 4.93. The third-order valence-electron chi connectivity index (χ3n) is 3.66. The molecule has 20 heavy (non-hydrogen) atoms. The fraction of sp³-hybridized carbons (Fsp3) is 0.750. The van der Waals surface area contributed by atoms with Gasteiger partial charge in [0, 0.05) is 25.3 Å². The largest absolute Gasteiger partial charge is 0.379 e. The van der Waals surface area contributed by atoms with E-state index >= 15 is 0 Å². The third kappa shape index (κ3) is 3.38. The van der Waals surface area contributed by atoms with Crippen molar-refractivity contribution in [3.05, 3.63) is 17.0 Å². The molecular weight excluding hydrogens is 280 g/mol. The highest BCUT2D eigenvalue weighted by Crippen LogP contribution is 2.10. The average molecular weight is 302 g/mol. The van der Waals surface area contributed by atoms with Crippen LogP contribution < -0.4 is 4.72 Å². The van der Waals surface area contributed by atoms with E-state index in [0.29, 0.717) is 39.4 Å². The van der Waals surface area contributed by atoms with Crippen molar-refractivity contribution in [2.45, 2.75) is 27.3 Å². The molecule has 1 saturated heterocycles. The number of nitrogens with zero attached hydrogens (tertiary/aromatic N) is 3. The highest BCUT2D eigenvalue weighted by molar-refractivity contribution is 7.87. The normalized spacial score (nSPS) is 17.6. The van der Waals surface area contributed by atoms with Crippen molar-refractivity contribution in [2.24, 2.45) is 0 Å². The first-order chi connectivity index (χ1) is 9.42. The lowest BCUT2D eigenvalue weighted by Gasteiger charge is -2.26. The molecule has 1 N–H and O–H groups in total. The van der Waals surface area contributed by atoms with E-state index in [9.17, 15) is 8.42 Å². The summed E-state index contributed by atoms with van der Waals surface area (Å²) in [4.78, 5) is 0. The highest BCUT2D eigenvalue weighted by atomic mass is 32.2. The molecule has 0 saturated carbocycles. The summed E-state index contributed by atoms with van der Waals surface area (Å²) in [5, 5.41) is 4.39. The predicted octanol–water partition coefficient (Wildman–Crippen LogP) is -0.0250. The van der Waals surface area contributed by atoms with Gasteiger partial charge in [0.05, 0.1) is 25.5 Å². The van der Waals surface area contributed by atoms with E-state index in [1.165, 1.54) is 4.31 Å². The minimum Gasteiger partial charge on any atom is -0.379 e. The summed E-state index contributed by atoms with van der Waals surface area (Å²) < 4.78 is 35.2. The third-order valence-corrected chi connectivity index (χ3v) is 5.28. The van der Waals surface area contributed by atoms with E-state index in [1.54, 1.807) is 0 Å². The van der Waals surface area contributed by atoms with Crippen molar-refractivity contribution in [2.75, 3.05) is 32.8 Å². The molecule has 1 aromatic heterocycles. The van der Waals surface area contributed by atoms with E-state index in [4.69, 9.17) is 4.74 Å². The number of hydrogen-bond donors (Lipinski definition) is 1. The van der Waals surface area contributed by atoms with Crippen molar-refractivity contribution in [1.29, 1.82) is 0 Å². The molecule has 1 aromatic rings. The first-order valence-corrected chi connectivity index (χ1v) is 8.19. The lowest BCUT2D eigenvalue weighted by Crippen LogP contribution is -2.47. The van der Waals surface area contributed by atoms with Crippen LogP contribution in [0.3, 0.4) is 0 Å². The van der Waals surface area contributed by atoms with Gasteiger partial charge in [-0.2, -0.15) is 17.8 Å². The molecule has 1 aliphatic rings. The van der Waals surface area contributed by atoms with Crippen LogP contribution in [0.2, 0.25) is 0 Å². The zero-order valence-corrected chi connectivity index (χ0v) is 13.0. The van der Waals surface area contributed by atoms with Crippen LogP contribution in [-0.4, -0.2) is 55.4 Å². The Kier molecular flexibility index (Phi) is 4.79. The van der Waals surface area contributed by atoms with Crippen LogP contribution in [0.5, 0.6) is 0 Å². The minimum atomic E-state index is -3.41. The maximum atomic E-state index is 12.1. The van der Waals surface area contributed by atoms with Crippen LogP contribution in [0.15, 0.2) is 0 Å². The van der Waals surface area contributed by atoms with Gasteiger partial charge in [-0.05, 0) is 26.3 Å². The zero-order chi connectivity index (χ0) is 14.8. The number of nitrogens with one attached hydrogen (secondary N) is 1. The van der Waals surface area contributed by atoms with Crippen LogP contribution in [0.4, 0.5) is 0 Å². The predicted molar refractivity (Wildman–Crippen MR) is 75.8 cm³/mol. The fourth-order valence-electron chi connectivity index (χ4n) is 2.16. The Morgan fingerprint density at radius 3 is 2.45 bits per heavy atom. The van der Waals surface area contributed by atoms with Gasteiger partial charge in [-0.3, -0.25) is 4.68 Å². The van der Waals surface area contributed by atoms with Crippen molar-refractivity contribution in [3.8, 4) is 0 Å². The molecule has 0 aliphatic carbocycles. The lowest BCUT2D eigenvalue weighted by atomic mass is 10.2. The Labute approximate surface area is 120 Å². The summed E-state index contributed by atoms with van der Waals surface area (Å²) in [6.07, 6.45) is 0. The Balaban J connectivity index is 1.90. The molecule has 0 amide bonds. The molecule has 0 aromatic carbocycles. The molecule has 2 rings (SSSR count). The van der Waals surface area contributed by atoms with Crippen LogP contribution in [0.25, 0.3) is 0 Å². The van der Waals surface area contributed by atoms with Gasteiger partial charge in [-0.25, -0.2) is 4.72 Å². The highest BCUT2D eigenvalue weighted by Gasteiger charge is 2.23. The summed E-state index contributed by atoms with van der Waals surface area (Å²) in [5.41, 5.74) is 3.22. The van der Waals surface area contributed by atoms with Crippen molar-refractivity contribution < 1.29 is 13.2 Å². The summed E-state index contributed by atoms with van der Waals surface area (Å²) in [5.74, 6) is 0. The SMILES string of the molecule is Cc1nn(CCNS(=O)(=O)N2CCOCC2)c(C)c1C. The number of ether oxygens (including phenoxy) is 1. The zero-order valence-electron chi connectivity index (χ0n) is 12.2. The monoisotopic (exact) mass is 302 g/mol. The van der Waals surface area contributed by atoms with Gasteiger partial charge in [-0.1, -0.05) is 0 Å². The first kappa shape index (κ1) is 15.4. The van der Waals surface area contributed by atoms with Gasteiger partial charge >= 0.3 is 0 Å². The van der Waals surface area contributed by atoms with E-state index in [-0.39, 0.29) is 0 Å². The number of aromatic nitrogens is 2. The standard InChI is InChI=1S/C12H22N4O3S/c1-10-11(2)14-16(12(10)3)5-4-13-20(17,18)15-6-8-19-9-7-15/h13H,4-9H2,1-3H3. The molecule has 8 heteroatoms. The molecule has 2 heterocycles. The molecule has 0 atom stereocenters. The number of morpholine rings is 1. The van der Waals surface area contributed by atoms with E-state index in [2.05, 4.69) is 9.82 Å². The average Bonchev–Trinajstić information content (AvgIpc) is 2.67. The maximum Gasteiger partial charge on any atom is 0.279 e. The smallest absolute Gasteiger partial charge is 0.279 e. The first-order valence-electron chi connectivity index (χ1n) is 6.75. The summed E-state index contributed by atoms with van der Waals surface area (Å²) in [6, 6.07) is 0. The van der Waals surface area contributed by atoms with Crippen molar-refractivity contribution in [1.82, 2.24) is 18.8 Å². The van der Waals surface area contributed by atoms with Crippen molar-refractivity contribution >= 4 is 10.2 Å². The van der Waals surface area contributed by atoms with Gasteiger partial charge in [0.15, 0.2) is 0 Å². The summed E-state index contributed by atoms with van der Waals surface area (Å²) in [6.45, 7) is 8.57. The van der Waals surface area contributed by atoms with Crippen LogP contribution in [0, 0.1) is 20.8 Å². The van der Waals surface area contributed by atoms with Crippen LogP contribution in [0.1, 0.15) is 17.0 Å². The minimum absolute atomic E-state index is 0.334. The quantitative estimate of drug-likeness (QED) is 0.829. The van der Waals surface area contributed by atoms with E-state index in [1.807, 2.05) is 25.5 Å². The molecule has 7 nitrogen and oxygen atoms in total. The number of aryl methyl sites for hydroxylation is 1. The molecule has 0 radical (unpaired) electrons. The molecular formula is C12H22N4O3S. The Bertz CT molecular complexity index is 562. The second kappa shape index (κ2) is 6.21.